The van der Waals surface area contributed by atoms with Crippen molar-refractivity contribution in [2.45, 2.75) is 0 Å². The minimum absolute atomic E-state index is 0.300. The second-order valence-electron chi connectivity index (χ2n) is 6.12. The Morgan fingerprint density at radius 3 is 2.32 bits per heavy atom. The average Bonchev–Trinajstić information content (AvgIpc) is 2.67. The van der Waals surface area contributed by atoms with Crippen LogP contribution in [0.4, 0.5) is 11.4 Å². The molecule has 2 aromatic carbocycles. The van der Waals surface area contributed by atoms with E-state index in [0.717, 1.165) is 43.0 Å². The highest BCUT2D eigenvalue weighted by atomic mass is 16.5. The van der Waals surface area contributed by atoms with Crippen molar-refractivity contribution in [3.63, 3.8) is 0 Å². The fourth-order valence-corrected chi connectivity index (χ4v) is 3.35. The van der Waals surface area contributed by atoms with Gasteiger partial charge in [0.1, 0.15) is 11.3 Å². The standard InChI is InChI=1S/C20H20N2O3/c1-24-16-8-6-15(7-9-16)21-10-12-22(13-11-21)18-14-20(23)25-19-5-3-2-4-17(18)19/h2-9,14H,10-13H2,1H3. The van der Waals surface area contributed by atoms with Gasteiger partial charge in [-0.25, -0.2) is 4.79 Å². The maximum Gasteiger partial charge on any atom is 0.338 e. The van der Waals surface area contributed by atoms with Gasteiger partial charge in [-0.3, -0.25) is 0 Å². The van der Waals surface area contributed by atoms with Gasteiger partial charge in [-0.2, -0.15) is 0 Å². The second kappa shape index (κ2) is 6.51. The van der Waals surface area contributed by atoms with Crippen LogP contribution in [0.25, 0.3) is 11.0 Å². The van der Waals surface area contributed by atoms with Crippen molar-refractivity contribution >= 4 is 22.3 Å². The van der Waals surface area contributed by atoms with Gasteiger partial charge in [-0.05, 0) is 36.4 Å². The van der Waals surface area contributed by atoms with Gasteiger partial charge in [-0.15, -0.1) is 0 Å². The molecular formula is C20H20N2O3. The summed E-state index contributed by atoms with van der Waals surface area (Å²) in [5.41, 5.74) is 2.49. The molecule has 0 bridgehead atoms. The highest BCUT2D eigenvalue weighted by Crippen LogP contribution is 2.27. The van der Waals surface area contributed by atoms with Crippen molar-refractivity contribution in [1.82, 2.24) is 0 Å². The van der Waals surface area contributed by atoms with E-state index >= 15 is 0 Å². The van der Waals surface area contributed by atoms with Gasteiger partial charge in [0.05, 0.1) is 12.8 Å². The number of nitrogens with zero attached hydrogens (tertiary/aromatic N) is 2. The third-order valence-electron chi connectivity index (χ3n) is 4.69. The van der Waals surface area contributed by atoms with Crippen LogP contribution < -0.4 is 20.2 Å². The molecule has 128 valence electrons. The van der Waals surface area contributed by atoms with Gasteiger partial charge in [-0.1, -0.05) is 12.1 Å². The van der Waals surface area contributed by atoms with Gasteiger partial charge in [0.15, 0.2) is 0 Å². The fraction of sp³-hybridized carbons (Fsp3) is 0.250. The third kappa shape index (κ3) is 3.05. The van der Waals surface area contributed by atoms with E-state index in [-0.39, 0.29) is 5.63 Å². The lowest BCUT2D eigenvalue weighted by molar-refractivity contribution is 0.415. The van der Waals surface area contributed by atoms with Crippen LogP contribution in [0.15, 0.2) is 63.8 Å². The lowest BCUT2D eigenvalue weighted by Crippen LogP contribution is -2.46. The predicted molar refractivity (Wildman–Crippen MR) is 99.9 cm³/mol. The average molecular weight is 336 g/mol. The summed E-state index contributed by atoms with van der Waals surface area (Å²) >= 11 is 0. The van der Waals surface area contributed by atoms with Crippen LogP contribution in [0.3, 0.4) is 0 Å². The van der Waals surface area contributed by atoms with Gasteiger partial charge >= 0.3 is 5.63 Å². The molecule has 0 N–H and O–H groups in total. The minimum atomic E-state index is -0.300. The number of rotatable bonds is 3. The number of hydrogen-bond acceptors (Lipinski definition) is 5. The molecule has 0 spiro atoms. The van der Waals surface area contributed by atoms with Crippen LogP contribution in [0.5, 0.6) is 5.75 Å². The van der Waals surface area contributed by atoms with Crippen LogP contribution >= 0.6 is 0 Å². The Balaban J connectivity index is 1.55. The molecule has 1 aliphatic rings. The van der Waals surface area contributed by atoms with E-state index in [9.17, 15) is 4.79 Å². The van der Waals surface area contributed by atoms with Gasteiger partial charge in [0, 0.05) is 43.3 Å². The summed E-state index contributed by atoms with van der Waals surface area (Å²) in [6.45, 7) is 3.53. The van der Waals surface area contributed by atoms with Crippen molar-refractivity contribution < 1.29 is 9.15 Å². The summed E-state index contributed by atoms with van der Waals surface area (Å²) in [5, 5.41) is 0.986. The molecule has 0 atom stereocenters. The first-order valence-electron chi connectivity index (χ1n) is 8.41. The van der Waals surface area contributed by atoms with Gasteiger partial charge in [0.25, 0.3) is 0 Å². The number of anilines is 2. The number of benzene rings is 2. The molecule has 5 heteroatoms. The highest BCUT2D eigenvalue weighted by molar-refractivity contribution is 5.90. The van der Waals surface area contributed by atoms with Crippen LogP contribution in [-0.4, -0.2) is 33.3 Å². The van der Waals surface area contributed by atoms with Crippen LogP contribution in [0.2, 0.25) is 0 Å². The van der Waals surface area contributed by atoms with Gasteiger partial charge in [0.2, 0.25) is 0 Å². The summed E-state index contributed by atoms with van der Waals surface area (Å²) in [5.74, 6) is 0.866. The molecule has 1 aromatic heterocycles. The summed E-state index contributed by atoms with van der Waals surface area (Å²) in [6, 6.07) is 17.4. The Morgan fingerprint density at radius 1 is 0.920 bits per heavy atom. The van der Waals surface area contributed by atoms with Crippen molar-refractivity contribution in [3.8, 4) is 5.75 Å². The van der Waals surface area contributed by atoms with Crippen LogP contribution in [-0.2, 0) is 0 Å². The van der Waals surface area contributed by atoms with E-state index in [1.54, 1.807) is 13.2 Å². The van der Waals surface area contributed by atoms with Crippen molar-refractivity contribution in [1.29, 1.82) is 0 Å². The van der Waals surface area contributed by atoms with E-state index in [1.165, 1.54) is 5.69 Å². The molecule has 0 amide bonds. The van der Waals surface area contributed by atoms with E-state index in [0.29, 0.717) is 5.58 Å². The second-order valence-corrected chi connectivity index (χ2v) is 6.12. The molecule has 4 rings (SSSR count). The number of para-hydroxylation sites is 1. The molecule has 0 radical (unpaired) electrons. The fourth-order valence-electron chi connectivity index (χ4n) is 3.35. The Morgan fingerprint density at radius 2 is 1.60 bits per heavy atom. The highest BCUT2D eigenvalue weighted by Gasteiger charge is 2.20. The van der Waals surface area contributed by atoms with Crippen molar-refractivity contribution in [2.24, 2.45) is 0 Å². The Hall–Kier alpha value is -2.95. The first kappa shape index (κ1) is 15.6. The van der Waals surface area contributed by atoms with E-state index < -0.39 is 0 Å². The maximum atomic E-state index is 11.9. The quantitative estimate of drug-likeness (QED) is 0.688. The number of methoxy groups -OCH3 is 1. The van der Waals surface area contributed by atoms with E-state index in [2.05, 4.69) is 21.9 Å². The first-order chi connectivity index (χ1) is 12.2. The van der Waals surface area contributed by atoms with E-state index in [1.807, 2.05) is 36.4 Å². The summed E-state index contributed by atoms with van der Waals surface area (Å²) in [7, 11) is 1.68. The maximum absolute atomic E-state index is 11.9. The Bertz CT molecular complexity index is 926. The molecule has 1 saturated heterocycles. The molecular weight excluding hydrogens is 316 g/mol. The summed E-state index contributed by atoms with van der Waals surface area (Å²) in [4.78, 5) is 16.5. The summed E-state index contributed by atoms with van der Waals surface area (Å²) < 4.78 is 10.5. The minimum Gasteiger partial charge on any atom is -0.497 e. The van der Waals surface area contributed by atoms with Crippen LogP contribution in [0.1, 0.15) is 0 Å². The molecule has 1 aliphatic heterocycles. The van der Waals surface area contributed by atoms with Crippen molar-refractivity contribution in [2.75, 3.05) is 43.1 Å². The zero-order valence-corrected chi connectivity index (χ0v) is 14.1. The number of piperazine rings is 1. The molecule has 1 fully saturated rings. The molecule has 3 aromatic rings. The third-order valence-corrected chi connectivity index (χ3v) is 4.69. The molecule has 0 saturated carbocycles. The normalized spacial score (nSPS) is 14.8. The molecule has 2 heterocycles. The monoisotopic (exact) mass is 336 g/mol. The number of ether oxygens (including phenoxy) is 1. The van der Waals surface area contributed by atoms with E-state index in [4.69, 9.17) is 9.15 Å². The molecule has 5 nitrogen and oxygen atoms in total. The zero-order chi connectivity index (χ0) is 17.2. The first-order valence-corrected chi connectivity index (χ1v) is 8.41. The smallest absolute Gasteiger partial charge is 0.338 e. The Labute approximate surface area is 146 Å². The Kier molecular flexibility index (Phi) is 4.06. The topological polar surface area (TPSA) is 45.9 Å². The molecule has 25 heavy (non-hydrogen) atoms. The van der Waals surface area contributed by atoms with Crippen LogP contribution in [0, 0.1) is 0 Å². The predicted octanol–water partition coefficient (Wildman–Crippen LogP) is 3.13. The lowest BCUT2D eigenvalue weighted by Gasteiger charge is -2.37. The van der Waals surface area contributed by atoms with Gasteiger partial charge < -0.3 is 19.0 Å². The number of fused-ring (bicyclic) bond motifs is 1. The molecule has 0 aliphatic carbocycles. The zero-order valence-electron chi connectivity index (χ0n) is 14.1. The molecule has 0 unspecified atom stereocenters. The SMILES string of the molecule is COc1ccc(N2CCN(c3cc(=O)oc4ccccc34)CC2)cc1. The number of hydrogen-bond donors (Lipinski definition) is 0. The largest absolute Gasteiger partial charge is 0.497 e. The van der Waals surface area contributed by atoms with Crippen molar-refractivity contribution in [3.05, 3.63) is 65.0 Å². The lowest BCUT2D eigenvalue weighted by atomic mass is 10.1. The summed E-state index contributed by atoms with van der Waals surface area (Å²) in [6.07, 6.45) is 0.